The van der Waals surface area contributed by atoms with Crippen LogP contribution in [-0.4, -0.2) is 33.2 Å². The van der Waals surface area contributed by atoms with Crippen LogP contribution in [0.3, 0.4) is 0 Å². The lowest BCUT2D eigenvalue weighted by Crippen LogP contribution is -2.29. The van der Waals surface area contributed by atoms with Crippen molar-refractivity contribution >= 4 is 11.8 Å². The summed E-state index contributed by atoms with van der Waals surface area (Å²) in [6.45, 7) is 5.81. The molecule has 19 heavy (non-hydrogen) atoms. The average Bonchev–Trinajstić information content (AvgIpc) is 2.33. The summed E-state index contributed by atoms with van der Waals surface area (Å²) in [6, 6.07) is -0.649. The Morgan fingerprint density at radius 1 is 1.47 bits per heavy atom. The van der Waals surface area contributed by atoms with Crippen molar-refractivity contribution in [2.45, 2.75) is 52.2 Å². The van der Waals surface area contributed by atoms with E-state index in [1.54, 1.807) is 0 Å². The van der Waals surface area contributed by atoms with Gasteiger partial charge in [-0.15, -0.1) is 0 Å². The molecule has 6 nitrogen and oxygen atoms in total. The van der Waals surface area contributed by atoms with Gasteiger partial charge >= 0.3 is 5.97 Å². The quantitative estimate of drug-likeness (QED) is 0.752. The van der Waals surface area contributed by atoms with Crippen LogP contribution < -0.4 is 10.1 Å². The molecule has 0 aliphatic rings. The zero-order chi connectivity index (χ0) is 14.3. The van der Waals surface area contributed by atoms with Crippen molar-refractivity contribution in [3.63, 3.8) is 0 Å². The van der Waals surface area contributed by atoms with Gasteiger partial charge in [0.05, 0.1) is 18.5 Å². The van der Waals surface area contributed by atoms with Gasteiger partial charge < -0.3 is 15.2 Å². The molecule has 1 atom stereocenters. The van der Waals surface area contributed by atoms with E-state index in [0.717, 1.165) is 12.8 Å². The molecule has 2 N–H and O–H groups in total. The number of hydrogen-bond donors (Lipinski definition) is 2. The molecule has 0 aromatic carbocycles. The number of nitrogens with zero attached hydrogens (tertiary/aromatic N) is 2. The van der Waals surface area contributed by atoms with Gasteiger partial charge in [-0.2, -0.15) is 4.98 Å². The molecule has 0 aliphatic heterocycles. The predicted octanol–water partition coefficient (Wildman–Crippen LogP) is 2.32. The number of hydrogen-bond acceptors (Lipinski definition) is 5. The highest BCUT2D eigenvalue weighted by molar-refractivity contribution is 5.76. The first-order valence-electron chi connectivity index (χ1n) is 6.51. The van der Waals surface area contributed by atoms with E-state index in [9.17, 15) is 4.79 Å². The lowest BCUT2D eigenvalue weighted by molar-refractivity contribution is -0.138. The van der Waals surface area contributed by atoms with Crippen molar-refractivity contribution < 1.29 is 14.6 Å². The second kappa shape index (κ2) is 7.56. The normalized spacial score (nSPS) is 12.2. The molecule has 1 unspecified atom stereocenters. The topological polar surface area (TPSA) is 84.3 Å². The fourth-order valence-corrected chi connectivity index (χ4v) is 1.56. The number of aliphatic carboxylic acids is 1. The lowest BCUT2D eigenvalue weighted by Gasteiger charge is -2.15. The van der Waals surface area contributed by atoms with Gasteiger partial charge in [0.2, 0.25) is 5.88 Å². The minimum absolute atomic E-state index is 0.0000814. The Hall–Kier alpha value is -1.85. The average molecular weight is 267 g/mol. The Morgan fingerprint density at radius 3 is 2.79 bits per heavy atom. The van der Waals surface area contributed by atoms with Crippen molar-refractivity contribution in [3.8, 4) is 5.88 Å². The molecule has 6 heteroatoms. The van der Waals surface area contributed by atoms with Gasteiger partial charge in [-0.3, -0.25) is 4.98 Å². The summed E-state index contributed by atoms with van der Waals surface area (Å²) < 4.78 is 5.42. The summed E-state index contributed by atoms with van der Waals surface area (Å²) in [7, 11) is 0. The number of rotatable bonds is 8. The highest BCUT2D eigenvalue weighted by Gasteiger charge is 2.17. The summed E-state index contributed by atoms with van der Waals surface area (Å²) in [4.78, 5) is 19.3. The molecule has 0 saturated carbocycles. The van der Waals surface area contributed by atoms with Gasteiger partial charge in [0.25, 0.3) is 0 Å². The third kappa shape index (κ3) is 5.54. The molecule has 0 amide bonds. The van der Waals surface area contributed by atoms with E-state index in [2.05, 4.69) is 15.3 Å². The van der Waals surface area contributed by atoms with Gasteiger partial charge in [-0.25, -0.2) is 4.79 Å². The molecular weight excluding hydrogens is 246 g/mol. The number of carbonyl (C=O) groups is 1. The highest BCUT2D eigenvalue weighted by atomic mass is 16.5. The van der Waals surface area contributed by atoms with Crippen LogP contribution in [-0.2, 0) is 4.79 Å². The molecule has 1 aromatic heterocycles. The zero-order valence-corrected chi connectivity index (χ0v) is 11.6. The van der Waals surface area contributed by atoms with E-state index in [1.807, 2.05) is 20.8 Å². The molecule has 0 bridgehead atoms. The second-order valence-electron chi connectivity index (χ2n) is 4.59. The van der Waals surface area contributed by atoms with E-state index < -0.39 is 12.0 Å². The molecule has 1 heterocycles. The van der Waals surface area contributed by atoms with Gasteiger partial charge in [-0.05, 0) is 20.3 Å². The smallest absolute Gasteiger partial charge is 0.326 e. The van der Waals surface area contributed by atoms with Crippen LogP contribution in [0.5, 0.6) is 5.88 Å². The molecule has 0 fully saturated rings. The fourth-order valence-electron chi connectivity index (χ4n) is 1.56. The maximum absolute atomic E-state index is 11.1. The molecule has 0 spiro atoms. The standard InChI is InChI=1S/C13H21N3O3/c1-4-5-6-10(13(17)18)15-11-7-14-8-12(16-11)19-9(2)3/h7-10H,4-6H2,1-3H3,(H,15,16)(H,17,18). The Balaban J connectivity index is 2.70. The Kier molecular flexibility index (Phi) is 6.05. The van der Waals surface area contributed by atoms with Crippen molar-refractivity contribution in [1.82, 2.24) is 9.97 Å². The maximum Gasteiger partial charge on any atom is 0.326 e. The number of carboxylic acid groups (broad SMARTS) is 1. The van der Waals surface area contributed by atoms with Crippen LogP contribution in [0.15, 0.2) is 12.4 Å². The van der Waals surface area contributed by atoms with Crippen molar-refractivity contribution in [1.29, 1.82) is 0 Å². The highest BCUT2D eigenvalue weighted by Crippen LogP contribution is 2.13. The molecular formula is C13H21N3O3. The molecule has 0 radical (unpaired) electrons. The van der Waals surface area contributed by atoms with Gasteiger partial charge in [0.1, 0.15) is 11.9 Å². The molecule has 1 rings (SSSR count). The minimum Gasteiger partial charge on any atom is -0.480 e. The Bertz CT molecular complexity index is 410. The number of aromatic nitrogens is 2. The van der Waals surface area contributed by atoms with Gasteiger partial charge in [0.15, 0.2) is 0 Å². The number of ether oxygens (including phenoxy) is 1. The molecule has 0 aliphatic carbocycles. The minimum atomic E-state index is -0.884. The summed E-state index contributed by atoms with van der Waals surface area (Å²) in [5, 5.41) is 12.0. The largest absolute Gasteiger partial charge is 0.480 e. The van der Waals surface area contributed by atoms with Crippen LogP contribution in [0.2, 0.25) is 0 Å². The van der Waals surface area contributed by atoms with Crippen LogP contribution in [0, 0.1) is 0 Å². The first kappa shape index (κ1) is 15.2. The third-order valence-corrected chi connectivity index (χ3v) is 2.44. The number of carboxylic acids is 1. The van der Waals surface area contributed by atoms with E-state index in [1.165, 1.54) is 12.4 Å². The summed E-state index contributed by atoms with van der Waals surface area (Å²) in [5.74, 6) is -0.0771. The van der Waals surface area contributed by atoms with E-state index in [0.29, 0.717) is 18.1 Å². The SMILES string of the molecule is CCCCC(Nc1cncc(OC(C)C)n1)C(=O)O. The lowest BCUT2D eigenvalue weighted by atomic mass is 10.1. The molecule has 1 aromatic rings. The summed E-state index contributed by atoms with van der Waals surface area (Å²) in [6.07, 6.45) is 5.36. The van der Waals surface area contributed by atoms with Crippen molar-refractivity contribution in [3.05, 3.63) is 12.4 Å². The van der Waals surface area contributed by atoms with Gasteiger partial charge in [-0.1, -0.05) is 19.8 Å². The van der Waals surface area contributed by atoms with Crippen molar-refractivity contribution in [2.24, 2.45) is 0 Å². The van der Waals surface area contributed by atoms with Crippen LogP contribution >= 0.6 is 0 Å². The Morgan fingerprint density at radius 2 is 2.21 bits per heavy atom. The van der Waals surface area contributed by atoms with Crippen LogP contribution in [0.25, 0.3) is 0 Å². The number of anilines is 1. The van der Waals surface area contributed by atoms with E-state index >= 15 is 0 Å². The maximum atomic E-state index is 11.1. The molecule has 106 valence electrons. The molecule has 0 saturated heterocycles. The third-order valence-electron chi connectivity index (χ3n) is 2.44. The predicted molar refractivity (Wildman–Crippen MR) is 72.4 cm³/mol. The Labute approximate surface area is 113 Å². The van der Waals surface area contributed by atoms with Crippen molar-refractivity contribution in [2.75, 3.05) is 5.32 Å². The zero-order valence-electron chi connectivity index (χ0n) is 11.6. The first-order valence-corrected chi connectivity index (χ1v) is 6.51. The number of unbranched alkanes of at least 4 members (excludes halogenated alkanes) is 1. The number of nitrogens with one attached hydrogen (secondary N) is 1. The van der Waals surface area contributed by atoms with Crippen LogP contribution in [0.4, 0.5) is 5.82 Å². The second-order valence-corrected chi connectivity index (χ2v) is 4.59. The first-order chi connectivity index (χ1) is 9.02. The van der Waals surface area contributed by atoms with Crippen LogP contribution in [0.1, 0.15) is 40.0 Å². The fraction of sp³-hybridized carbons (Fsp3) is 0.615. The summed E-state index contributed by atoms with van der Waals surface area (Å²) >= 11 is 0. The summed E-state index contributed by atoms with van der Waals surface area (Å²) in [5.41, 5.74) is 0. The van der Waals surface area contributed by atoms with E-state index in [4.69, 9.17) is 9.84 Å². The van der Waals surface area contributed by atoms with Gasteiger partial charge in [0, 0.05) is 0 Å². The van der Waals surface area contributed by atoms with E-state index in [-0.39, 0.29) is 6.10 Å². The monoisotopic (exact) mass is 267 g/mol.